The Morgan fingerprint density at radius 1 is 1.42 bits per heavy atom. The second-order valence-electron chi connectivity index (χ2n) is 5.43. The van der Waals surface area contributed by atoms with Crippen molar-refractivity contribution >= 4 is 0 Å². The first-order chi connectivity index (χ1) is 9.14. The Kier molecular flexibility index (Phi) is 4.48. The van der Waals surface area contributed by atoms with Gasteiger partial charge in [-0.25, -0.2) is 0 Å². The van der Waals surface area contributed by atoms with E-state index in [2.05, 4.69) is 44.3 Å². The summed E-state index contributed by atoms with van der Waals surface area (Å²) < 4.78 is 11.7. The maximum atomic E-state index is 6.28. The topological polar surface area (TPSA) is 30.5 Å². The summed E-state index contributed by atoms with van der Waals surface area (Å²) in [7, 11) is 1.74. The fraction of sp³-hybridized carbons (Fsp3) is 0.625. The predicted molar refractivity (Wildman–Crippen MR) is 77.7 cm³/mol. The molecule has 1 aromatic rings. The second kappa shape index (κ2) is 5.93. The van der Waals surface area contributed by atoms with Gasteiger partial charge in [0, 0.05) is 25.1 Å². The molecule has 0 saturated carbocycles. The third-order valence-electron chi connectivity index (χ3n) is 3.95. The molecule has 1 aliphatic rings. The number of nitrogens with one attached hydrogen (secondary N) is 1. The van der Waals surface area contributed by atoms with Crippen molar-refractivity contribution < 1.29 is 9.47 Å². The molecule has 3 heteroatoms. The maximum absolute atomic E-state index is 6.28. The van der Waals surface area contributed by atoms with Gasteiger partial charge in [0.2, 0.25) is 0 Å². The first-order valence-corrected chi connectivity index (χ1v) is 7.16. The Labute approximate surface area is 116 Å². The van der Waals surface area contributed by atoms with Crippen molar-refractivity contribution in [3.63, 3.8) is 0 Å². The summed E-state index contributed by atoms with van der Waals surface area (Å²) >= 11 is 0. The number of hydrogen-bond donors (Lipinski definition) is 1. The highest BCUT2D eigenvalue weighted by molar-refractivity contribution is 5.41. The molecule has 1 N–H and O–H groups in total. The largest absolute Gasteiger partial charge is 0.484 e. The van der Waals surface area contributed by atoms with Crippen LogP contribution < -0.4 is 10.1 Å². The van der Waals surface area contributed by atoms with E-state index in [9.17, 15) is 0 Å². The summed E-state index contributed by atoms with van der Waals surface area (Å²) in [6.45, 7) is 8.04. The van der Waals surface area contributed by atoms with Gasteiger partial charge >= 0.3 is 0 Å². The van der Waals surface area contributed by atoms with Crippen molar-refractivity contribution in [1.29, 1.82) is 0 Å². The zero-order chi connectivity index (χ0) is 13.9. The summed E-state index contributed by atoms with van der Waals surface area (Å²) in [4.78, 5) is 0. The van der Waals surface area contributed by atoms with E-state index < -0.39 is 0 Å². The summed E-state index contributed by atoms with van der Waals surface area (Å²) in [5.41, 5.74) is 2.35. The van der Waals surface area contributed by atoms with Crippen molar-refractivity contribution in [2.24, 2.45) is 0 Å². The van der Waals surface area contributed by atoms with Gasteiger partial charge in [-0.05, 0) is 26.0 Å². The number of aryl methyl sites for hydroxylation is 1. The number of ether oxygens (including phenoxy) is 2. The second-order valence-corrected chi connectivity index (χ2v) is 5.43. The van der Waals surface area contributed by atoms with Crippen LogP contribution in [0.5, 0.6) is 5.75 Å². The van der Waals surface area contributed by atoms with Crippen molar-refractivity contribution in [3.05, 3.63) is 29.3 Å². The fourth-order valence-corrected chi connectivity index (χ4v) is 2.89. The van der Waals surface area contributed by atoms with E-state index in [0.29, 0.717) is 12.6 Å². The molecule has 2 rings (SSSR count). The lowest BCUT2D eigenvalue weighted by molar-refractivity contribution is -0.0369. The molecule has 1 aromatic carbocycles. The summed E-state index contributed by atoms with van der Waals surface area (Å²) in [5.74, 6) is 1.00. The number of fused-ring (bicyclic) bond motifs is 1. The molecule has 0 spiro atoms. The van der Waals surface area contributed by atoms with Crippen LogP contribution in [-0.4, -0.2) is 25.9 Å². The third-order valence-corrected chi connectivity index (χ3v) is 3.95. The Morgan fingerprint density at radius 3 is 2.84 bits per heavy atom. The van der Waals surface area contributed by atoms with Crippen molar-refractivity contribution in [2.75, 3.05) is 20.3 Å². The summed E-state index contributed by atoms with van der Waals surface area (Å²) in [6.07, 6.45) is 1.91. The number of hydrogen-bond acceptors (Lipinski definition) is 3. The number of rotatable bonds is 5. The lowest BCUT2D eigenvalue weighted by Crippen LogP contribution is -2.47. The van der Waals surface area contributed by atoms with Gasteiger partial charge in [0.05, 0.1) is 6.61 Å². The Hall–Kier alpha value is -1.06. The van der Waals surface area contributed by atoms with E-state index in [-0.39, 0.29) is 5.60 Å². The highest BCUT2D eigenvalue weighted by Gasteiger charge is 2.39. The molecule has 3 nitrogen and oxygen atoms in total. The highest BCUT2D eigenvalue weighted by Crippen LogP contribution is 2.41. The van der Waals surface area contributed by atoms with Gasteiger partial charge in [-0.3, -0.25) is 0 Å². The Morgan fingerprint density at radius 2 is 2.21 bits per heavy atom. The minimum atomic E-state index is -0.205. The van der Waals surface area contributed by atoms with E-state index in [0.717, 1.165) is 25.1 Å². The lowest BCUT2D eigenvalue weighted by Gasteiger charge is -2.41. The quantitative estimate of drug-likeness (QED) is 0.884. The molecule has 1 aliphatic heterocycles. The van der Waals surface area contributed by atoms with Crippen LogP contribution in [0.1, 0.15) is 43.9 Å². The summed E-state index contributed by atoms with van der Waals surface area (Å²) in [6, 6.07) is 6.78. The molecular formula is C16H25NO2. The van der Waals surface area contributed by atoms with Crippen molar-refractivity contribution in [2.45, 2.75) is 45.3 Å². The molecule has 0 saturated heterocycles. The van der Waals surface area contributed by atoms with E-state index >= 15 is 0 Å². The molecule has 1 heterocycles. The van der Waals surface area contributed by atoms with Crippen molar-refractivity contribution in [3.8, 4) is 5.75 Å². The monoisotopic (exact) mass is 263 g/mol. The minimum absolute atomic E-state index is 0.205. The molecular weight excluding hydrogens is 238 g/mol. The molecule has 0 radical (unpaired) electrons. The van der Waals surface area contributed by atoms with Crippen LogP contribution in [0.25, 0.3) is 0 Å². The van der Waals surface area contributed by atoms with E-state index in [1.165, 1.54) is 11.1 Å². The Bertz CT molecular complexity index is 433. The first-order valence-electron chi connectivity index (χ1n) is 7.16. The summed E-state index contributed by atoms with van der Waals surface area (Å²) in [5, 5.41) is 3.58. The van der Waals surface area contributed by atoms with Gasteiger partial charge in [0.25, 0.3) is 0 Å². The van der Waals surface area contributed by atoms with Gasteiger partial charge in [-0.1, -0.05) is 31.5 Å². The third kappa shape index (κ3) is 2.93. The van der Waals surface area contributed by atoms with Crippen LogP contribution >= 0.6 is 0 Å². The van der Waals surface area contributed by atoms with Crippen LogP contribution in [0, 0.1) is 6.92 Å². The number of methoxy groups -OCH3 is 1. The van der Waals surface area contributed by atoms with Crippen molar-refractivity contribution in [1.82, 2.24) is 5.32 Å². The molecule has 0 amide bonds. The molecule has 0 aromatic heterocycles. The van der Waals surface area contributed by atoms with Gasteiger partial charge in [0.1, 0.15) is 11.4 Å². The molecule has 2 atom stereocenters. The van der Waals surface area contributed by atoms with Gasteiger partial charge in [-0.2, -0.15) is 0 Å². The normalized spacial score (nSPS) is 25.8. The predicted octanol–water partition coefficient (Wildman–Crippen LogP) is 3.22. The average Bonchev–Trinajstić information content (AvgIpc) is 2.40. The first kappa shape index (κ1) is 14.4. The van der Waals surface area contributed by atoms with E-state index in [1.54, 1.807) is 7.11 Å². The van der Waals surface area contributed by atoms with Crippen LogP contribution in [0.4, 0.5) is 0 Å². The smallest absolute Gasteiger partial charge is 0.134 e. The molecule has 2 unspecified atom stereocenters. The van der Waals surface area contributed by atoms with Crippen LogP contribution in [0.15, 0.2) is 18.2 Å². The van der Waals surface area contributed by atoms with Crippen LogP contribution in [0.3, 0.4) is 0 Å². The molecule has 19 heavy (non-hydrogen) atoms. The van der Waals surface area contributed by atoms with Crippen LogP contribution in [-0.2, 0) is 4.74 Å². The zero-order valence-electron chi connectivity index (χ0n) is 12.5. The molecule has 0 bridgehead atoms. The van der Waals surface area contributed by atoms with Gasteiger partial charge in [-0.15, -0.1) is 0 Å². The number of benzene rings is 1. The zero-order valence-corrected chi connectivity index (χ0v) is 12.5. The average molecular weight is 263 g/mol. The van der Waals surface area contributed by atoms with Crippen LogP contribution in [0.2, 0.25) is 0 Å². The lowest BCUT2D eigenvalue weighted by atomic mass is 9.85. The van der Waals surface area contributed by atoms with Gasteiger partial charge < -0.3 is 14.8 Å². The SMILES string of the molecule is CCNC1CC(CC)(COC)Oc2ccc(C)cc21. The fourth-order valence-electron chi connectivity index (χ4n) is 2.89. The van der Waals surface area contributed by atoms with Gasteiger partial charge in [0.15, 0.2) is 0 Å². The minimum Gasteiger partial charge on any atom is -0.484 e. The van der Waals surface area contributed by atoms with E-state index in [4.69, 9.17) is 9.47 Å². The molecule has 0 aliphatic carbocycles. The standard InChI is InChI=1S/C16H25NO2/c1-5-16(11-18-4)10-14(17-6-2)13-9-12(3)7-8-15(13)19-16/h7-9,14,17H,5-6,10-11H2,1-4H3. The van der Waals surface area contributed by atoms with E-state index in [1.807, 2.05) is 0 Å². The molecule has 0 fully saturated rings. The maximum Gasteiger partial charge on any atom is 0.134 e. The highest BCUT2D eigenvalue weighted by atomic mass is 16.5. The molecule has 106 valence electrons. The Balaban J connectivity index is 2.37.